The molecule has 120 valence electrons. The quantitative estimate of drug-likeness (QED) is 0.636. The predicted molar refractivity (Wildman–Crippen MR) is 77.4 cm³/mol. The van der Waals surface area contributed by atoms with Crippen molar-refractivity contribution in [2.24, 2.45) is 11.7 Å². The van der Waals surface area contributed by atoms with Crippen molar-refractivity contribution in [3.8, 4) is 0 Å². The summed E-state index contributed by atoms with van der Waals surface area (Å²) in [6.07, 6.45) is 1.83. The van der Waals surface area contributed by atoms with Crippen LogP contribution in [0.15, 0.2) is 0 Å². The molecule has 1 saturated heterocycles. The Kier molecular flexibility index (Phi) is 6.14. The van der Waals surface area contributed by atoms with Gasteiger partial charge in [-0.1, -0.05) is 13.8 Å². The molecule has 0 aliphatic carbocycles. The van der Waals surface area contributed by atoms with Crippen LogP contribution < -0.4 is 11.1 Å². The zero-order valence-electron chi connectivity index (χ0n) is 12.8. The van der Waals surface area contributed by atoms with Gasteiger partial charge in [0.15, 0.2) is 0 Å². The molecule has 21 heavy (non-hydrogen) atoms. The highest BCUT2D eigenvalue weighted by Gasteiger charge is 2.36. The molecule has 3 atom stereocenters. The van der Waals surface area contributed by atoms with Crippen molar-refractivity contribution in [1.29, 1.82) is 0 Å². The standard InChI is InChI=1S/C14H25N3O4/c1-8(2)7-10(15)13(19)17-6-4-5-11(17)12(18)16-9(3)14(20)21/h8-11H,4-7,15H2,1-3H3,(H,16,18)(H,20,21)/t9-,10-,11-/m0/s1. The van der Waals surface area contributed by atoms with Crippen LogP contribution in [0.25, 0.3) is 0 Å². The van der Waals surface area contributed by atoms with Gasteiger partial charge in [0.1, 0.15) is 12.1 Å². The maximum Gasteiger partial charge on any atom is 0.325 e. The van der Waals surface area contributed by atoms with Gasteiger partial charge in [-0.05, 0) is 32.1 Å². The highest BCUT2D eigenvalue weighted by atomic mass is 16.4. The van der Waals surface area contributed by atoms with Crippen molar-refractivity contribution in [2.75, 3.05) is 6.54 Å². The maximum atomic E-state index is 12.3. The molecule has 1 aliphatic rings. The van der Waals surface area contributed by atoms with Gasteiger partial charge in [-0.3, -0.25) is 14.4 Å². The lowest BCUT2D eigenvalue weighted by Gasteiger charge is -2.27. The third-order valence-corrected chi connectivity index (χ3v) is 3.61. The van der Waals surface area contributed by atoms with Crippen molar-refractivity contribution in [3.05, 3.63) is 0 Å². The smallest absolute Gasteiger partial charge is 0.325 e. The second-order valence-electron chi connectivity index (χ2n) is 5.99. The minimum atomic E-state index is -1.10. The molecule has 0 unspecified atom stereocenters. The molecular weight excluding hydrogens is 274 g/mol. The molecule has 7 heteroatoms. The Bertz CT molecular complexity index is 411. The Morgan fingerprint density at radius 3 is 2.48 bits per heavy atom. The molecule has 0 bridgehead atoms. The van der Waals surface area contributed by atoms with Crippen LogP contribution in [0.3, 0.4) is 0 Å². The number of aliphatic carboxylic acids is 1. The van der Waals surface area contributed by atoms with E-state index in [2.05, 4.69) is 5.32 Å². The number of nitrogens with two attached hydrogens (primary N) is 1. The number of rotatable bonds is 6. The number of likely N-dealkylation sites (tertiary alicyclic amines) is 1. The van der Waals surface area contributed by atoms with Crippen LogP contribution in [0, 0.1) is 5.92 Å². The number of carbonyl (C=O) groups excluding carboxylic acids is 2. The number of nitrogens with one attached hydrogen (secondary N) is 1. The molecule has 0 aromatic carbocycles. The van der Waals surface area contributed by atoms with E-state index in [9.17, 15) is 14.4 Å². The van der Waals surface area contributed by atoms with Crippen LogP contribution in [-0.2, 0) is 14.4 Å². The highest BCUT2D eigenvalue weighted by molar-refractivity contribution is 5.92. The normalized spacial score (nSPS) is 21.2. The molecule has 1 aliphatic heterocycles. The van der Waals surface area contributed by atoms with E-state index in [1.807, 2.05) is 13.8 Å². The first-order valence-corrected chi connectivity index (χ1v) is 7.33. The zero-order valence-corrected chi connectivity index (χ0v) is 12.8. The number of amides is 2. The van der Waals surface area contributed by atoms with E-state index >= 15 is 0 Å². The first-order valence-electron chi connectivity index (χ1n) is 7.33. The first-order chi connectivity index (χ1) is 9.73. The molecule has 1 fully saturated rings. The summed E-state index contributed by atoms with van der Waals surface area (Å²) in [5.74, 6) is -1.46. The van der Waals surface area contributed by atoms with Crippen LogP contribution in [0.4, 0.5) is 0 Å². The van der Waals surface area contributed by atoms with Gasteiger partial charge < -0.3 is 21.1 Å². The highest BCUT2D eigenvalue weighted by Crippen LogP contribution is 2.19. The molecule has 4 N–H and O–H groups in total. The average Bonchev–Trinajstić information content (AvgIpc) is 2.85. The van der Waals surface area contributed by atoms with Crippen molar-refractivity contribution in [1.82, 2.24) is 10.2 Å². The molecular formula is C14H25N3O4. The number of nitrogens with zero attached hydrogens (tertiary/aromatic N) is 1. The third-order valence-electron chi connectivity index (χ3n) is 3.61. The maximum absolute atomic E-state index is 12.3. The van der Waals surface area contributed by atoms with E-state index in [0.717, 1.165) is 6.42 Å². The zero-order chi connectivity index (χ0) is 16.2. The summed E-state index contributed by atoms with van der Waals surface area (Å²) >= 11 is 0. The summed E-state index contributed by atoms with van der Waals surface area (Å²) in [5, 5.41) is 11.2. The van der Waals surface area contributed by atoms with E-state index in [1.165, 1.54) is 11.8 Å². The van der Waals surface area contributed by atoms with Gasteiger partial charge in [-0.15, -0.1) is 0 Å². The van der Waals surface area contributed by atoms with Crippen LogP contribution in [0.5, 0.6) is 0 Å². The van der Waals surface area contributed by atoms with Crippen molar-refractivity contribution in [2.45, 2.75) is 58.2 Å². The third kappa shape index (κ3) is 4.70. The van der Waals surface area contributed by atoms with Crippen molar-refractivity contribution in [3.63, 3.8) is 0 Å². The van der Waals surface area contributed by atoms with Gasteiger partial charge in [0.2, 0.25) is 11.8 Å². The Balaban J connectivity index is 2.68. The summed E-state index contributed by atoms with van der Waals surface area (Å²) in [7, 11) is 0. The summed E-state index contributed by atoms with van der Waals surface area (Å²) in [6.45, 7) is 5.85. The fraction of sp³-hybridized carbons (Fsp3) is 0.786. The molecule has 0 spiro atoms. The Morgan fingerprint density at radius 2 is 1.95 bits per heavy atom. The fourth-order valence-electron chi connectivity index (χ4n) is 2.50. The topological polar surface area (TPSA) is 113 Å². The molecule has 0 saturated carbocycles. The summed E-state index contributed by atoms with van der Waals surface area (Å²) in [6, 6.07) is -2.20. The Morgan fingerprint density at radius 1 is 1.33 bits per heavy atom. The van der Waals surface area contributed by atoms with Crippen molar-refractivity contribution >= 4 is 17.8 Å². The first kappa shape index (κ1) is 17.4. The second-order valence-corrected chi connectivity index (χ2v) is 5.99. The minimum Gasteiger partial charge on any atom is -0.480 e. The lowest BCUT2D eigenvalue weighted by atomic mass is 10.0. The van der Waals surface area contributed by atoms with Gasteiger partial charge >= 0.3 is 5.97 Å². The van der Waals surface area contributed by atoms with E-state index in [-0.39, 0.29) is 5.91 Å². The fourth-order valence-corrected chi connectivity index (χ4v) is 2.50. The molecule has 2 amide bonds. The van der Waals surface area contributed by atoms with E-state index in [1.54, 1.807) is 0 Å². The Hall–Kier alpha value is -1.63. The SMILES string of the molecule is CC(C)C[C@H](N)C(=O)N1CCC[C@H]1C(=O)N[C@@H](C)C(=O)O. The summed E-state index contributed by atoms with van der Waals surface area (Å²) < 4.78 is 0. The summed E-state index contributed by atoms with van der Waals surface area (Å²) in [4.78, 5) is 36.7. The van der Waals surface area contributed by atoms with Crippen LogP contribution in [0.1, 0.15) is 40.0 Å². The van der Waals surface area contributed by atoms with Crippen LogP contribution in [-0.4, -0.2) is 52.5 Å². The number of carboxylic acids is 1. The summed E-state index contributed by atoms with van der Waals surface area (Å²) in [5.41, 5.74) is 5.89. The largest absolute Gasteiger partial charge is 0.480 e. The number of hydrogen-bond donors (Lipinski definition) is 3. The molecule has 0 aromatic heterocycles. The lowest BCUT2D eigenvalue weighted by Crippen LogP contribution is -2.53. The minimum absolute atomic E-state index is 0.232. The molecule has 1 heterocycles. The Labute approximate surface area is 124 Å². The second kappa shape index (κ2) is 7.40. The van der Waals surface area contributed by atoms with E-state index < -0.39 is 30.0 Å². The van der Waals surface area contributed by atoms with Crippen LogP contribution >= 0.6 is 0 Å². The number of carboxylic acid groups (broad SMARTS) is 1. The number of carbonyl (C=O) groups is 3. The molecule has 0 radical (unpaired) electrons. The van der Waals surface area contributed by atoms with Gasteiger partial charge in [0.05, 0.1) is 6.04 Å². The van der Waals surface area contributed by atoms with Gasteiger partial charge in [-0.2, -0.15) is 0 Å². The monoisotopic (exact) mass is 299 g/mol. The molecule has 1 rings (SSSR count). The average molecular weight is 299 g/mol. The van der Waals surface area contributed by atoms with Gasteiger partial charge in [0.25, 0.3) is 0 Å². The van der Waals surface area contributed by atoms with E-state index in [4.69, 9.17) is 10.8 Å². The van der Waals surface area contributed by atoms with Gasteiger partial charge in [-0.25, -0.2) is 0 Å². The molecule has 0 aromatic rings. The predicted octanol–water partition coefficient (Wildman–Crippen LogP) is -0.0599. The van der Waals surface area contributed by atoms with E-state index in [0.29, 0.717) is 25.3 Å². The van der Waals surface area contributed by atoms with Crippen LogP contribution in [0.2, 0.25) is 0 Å². The van der Waals surface area contributed by atoms with Gasteiger partial charge in [0, 0.05) is 6.54 Å². The lowest BCUT2D eigenvalue weighted by molar-refractivity contribution is -0.143. The number of hydrogen-bond acceptors (Lipinski definition) is 4. The van der Waals surface area contributed by atoms with Crippen molar-refractivity contribution < 1.29 is 19.5 Å². The molecule has 7 nitrogen and oxygen atoms in total.